The molecule has 0 fully saturated rings. The van der Waals surface area contributed by atoms with Gasteiger partial charge >= 0.3 is 24.3 Å². The molecule has 0 atom stereocenters. The van der Waals surface area contributed by atoms with Crippen LogP contribution in [0.3, 0.4) is 0 Å². The van der Waals surface area contributed by atoms with E-state index in [4.69, 9.17) is 9.47 Å². The zero-order valence-electron chi connectivity index (χ0n) is 25.7. The van der Waals surface area contributed by atoms with Crippen molar-refractivity contribution in [3.8, 4) is 22.3 Å². The van der Waals surface area contributed by atoms with Gasteiger partial charge in [0.15, 0.2) is 0 Å². The third-order valence-corrected chi connectivity index (χ3v) is 9.35. The summed E-state index contributed by atoms with van der Waals surface area (Å²) >= 11 is 6.91. The Labute approximate surface area is 299 Å². The fraction of sp³-hybridized carbons (Fsp3) is 0.167. The first-order chi connectivity index (χ1) is 23.2. The third kappa shape index (κ3) is 9.25. The molecule has 0 aliphatic carbocycles. The molecule has 0 bridgehead atoms. The highest BCUT2D eigenvalue weighted by atomic mass is 79.9. The van der Waals surface area contributed by atoms with Crippen LogP contribution in [0.15, 0.2) is 104 Å². The number of ether oxygens (including phenoxy) is 2. The summed E-state index contributed by atoms with van der Waals surface area (Å²) in [5.41, 5.74) is -2.91. The molecule has 13 heteroatoms. The first-order valence-electron chi connectivity index (χ1n) is 14.5. The van der Waals surface area contributed by atoms with Crippen molar-refractivity contribution < 1.29 is 45.4 Å². The van der Waals surface area contributed by atoms with Crippen LogP contribution in [0.4, 0.5) is 26.3 Å². The van der Waals surface area contributed by atoms with Crippen molar-refractivity contribution in [3.63, 3.8) is 0 Å². The number of alkyl halides is 6. The Kier molecular flexibility index (Phi) is 12.6. The Bertz CT molecular complexity index is 1780. The molecule has 0 aliphatic heterocycles. The van der Waals surface area contributed by atoms with Crippen LogP contribution in [0.25, 0.3) is 34.4 Å². The molecular formula is C36H26Br2F6O4S. The van der Waals surface area contributed by atoms with Gasteiger partial charge in [-0.25, -0.2) is 9.59 Å². The smallest absolute Gasteiger partial charge is 0.418 e. The second-order valence-electron chi connectivity index (χ2n) is 10.0. The summed E-state index contributed by atoms with van der Waals surface area (Å²) < 4.78 is 101. The Morgan fingerprint density at radius 2 is 1.00 bits per heavy atom. The minimum Gasteiger partial charge on any atom is -0.463 e. The molecule has 0 unspecified atom stereocenters. The third-order valence-electron chi connectivity index (χ3n) is 6.84. The van der Waals surface area contributed by atoms with Gasteiger partial charge in [-0.2, -0.15) is 26.3 Å². The predicted octanol–water partition coefficient (Wildman–Crippen LogP) is 11.9. The van der Waals surface area contributed by atoms with Gasteiger partial charge in [0.1, 0.15) is 0 Å². The van der Waals surface area contributed by atoms with E-state index in [1.165, 1.54) is 60.7 Å². The van der Waals surface area contributed by atoms with Crippen LogP contribution in [-0.4, -0.2) is 25.2 Å². The molecule has 0 N–H and O–H groups in total. The molecular weight excluding hydrogens is 802 g/mol. The van der Waals surface area contributed by atoms with Crippen molar-refractivity contribution in [1.82, 2.24) is 0 Å². The minimum atomic E-state index is -5.05. The lowest BCUT2D eigenvalue weighted by Gasteiger charge is -2.23. The second-order valence-corrected chi connectivity index (χ2v) is 12.8. The van der Waals surface area contributed by atoms with Crippen LogP contribution in [0, 0.1) is 0 Å². The number of carbonyl (C=O) groups is 2. The molecule has 4 aromatic rings. The summed E-state index contributed by atoms with van der Waals surface area (Å²) in [6.45, 7) is 3.24. The van der Waals surface area contributed by atoms with Crippen LogP contribution < -0.4 is 0 Å². The van der Waals surface area contributed by atoms with Crippen molar-refractivity contribution in [2.75, 3.05) is 13.2 Å². The van der Waals surface area contributed by atoms with Crippen molar-refractivity contribution in [3.05, 3.63) is 116 Å². The number of benzene rings is 4. The van der Waals surface area contributed by atoms with E-state index in [1.807, 2.05) is 0 Å². The summed E-state index contributed by atoms with van der Waals surface area (Å²) in [5.74, 6) is -1.56. The number of hydrogen-bond acceptors (Lipinski definition) is 5. The number of hydrogen-bond donors (Lipinski definition) is 0. The largest absolute Gasteiger partial charge is 0.463 e. The molecule has 0 saturated carbocycles. The summed E-state index contributed by atoms with van der Waals surface area (Å²) in [4.78, 5) is 23.1. The number of esters is 2. The van der Waals surface area contributed by atoms with E-state index >= 15 is 26.3 Å². The molecule has 0 amide bonds. The number of halogens is 8. The minimum absolute atomic E-state index is 0.0129. The van der Waals surface area contributed by atoms with Gasteiger partial charge in [0, 0.05) is 42.0 Å². The van der Waals surface area contributed by atoms with E-state index in [0.29, 0.717) is 20.7 Å². The van der Waals surface area contributed by atoms with Crippen LogP contribution in [0.1, 0.15) is 36.1 Å². The molecule has 0 aromatic heterocycles. The molecule has 0 aliphatic rings. The standard InChI is InChI=1S/C36H26Br2F6O4S/c1-3-47-29(45)19-15-21-13-17-27(33(35(39,40)41)31(21)23-9-5-7-11-25(23)37)49-28-18-14-22(16-20-30(46)48-4-2)32(34(28)36(42,43)44)24-10-6-8-12-26(24)38/h5-20H,3-4H2,1-2H3/b19-15+,20-16+. The lowest BCUT2D eigenvalue weighted by atomic mass is 9.93. The van der Waals surface area contributed by atoms with Gasteiger partial charge in [-0.15, -0.1) is 0 Å². The van der Waals surface area contributed by atoms with Crippen LogP contribution in [0.2, 0.25) is 0 Å². The maximum atomic E-state index is 15.1. The topological polar surface area (TPSA) is 52.6 Å². The average Bonchev–Trinajstić information content (AvgIpc) is 3.03. The van der Waals surface area contributed by atoms with Crippen molar-refractivity contribution in [2.45, 2.75) is 36.0 Å². The predicted molar refractivity (Wildman–Crippen MR) is 185 cm³/mol. The molecule has 0 spiro atoms. The molecule has 4 nitrogen and oxygen atoms in total. The van der Waals surface area contributed by atoms with Gasteiger partial charge in [-0.3, -0.25) is 0 Å². The van der Waals surface area contributed by atoms with E-state index in [9.17, 15) is 9.59 Å². The van der Waals surface area contributed by atoms with E-state index in [2.05, 4.69) is 31.9 Å². The van der Waals surface area contributed by atoms with Crippen molar-refractivity contribution in [2.24, 2.45) is 0 Å². The monoisotopic (exact) mass is 826 g/mol. The van der Waals surface area contributed by atoms with Gasteiger partial charge in [0.25, 0.3) is 0 Å². The average molecular weight is 828 g/mol. The fourth-order valence-corrected chi connectivity index (χ4v) is 7.05. The van der Waals surface area contributed by atoms with Crippen LogP contribution >= 0.6 is 43.6 Å². The van der Waals surface area contributed by atoms with Gasteiger partial charge in [-0.1, -0.05) is 92.2 Å². The zero-order chi connectivity index (χ0) is 35.9. The van der Waals surface area contributed by atoms with Crippen LogP contribution in [-0.2, 0) is 31.4 Å². The summed E-state index contributed by atoms with van der Waals surface area (Å²) in [6, 6.07) is 16.9. The normalized spacial score (nSPS) is 12.1. The maximum absolute atomic E-state index is 15.1. The lowest BCUT2D eigenvalue weighted by Crippen LogP contribution is -2.13. The quantitative estimate of drug-likeness (QED) is 0.0905. The number of carbonyl (C=O) groups excluding carboxylic acids is 2. The summed E-state index contributed by atoms with van der Waals surface area (Å²) in [6.07, 6.45) is -5.78. The van der Waals surface area contributed by atoms with E-state index in [1.54, 1.807) is 26.0 Å². The van der Waals surface area contributed by atoms with Gasteiger partial charge in [-0.05, 0) is 72.5 Å². The summed E-state index contributed by atoms with van der Waals surface area (Å²) in [7, 11) is 0. The molecule has 4 aromatic carbocycles. The molecule has 256 valence electrons. The first kappa shape index (κ1) is 38.0. The zero-order valence-corrected chi connectivity index (χ0v) is 29.7. The molecule has 49 heavy (non-hydrogen) atoms. The van der Waals surface area contributed by atoms with Gasteiger partial charge < -0.3 is 9.47 Å². The molecule has 0 saturated heterocycles. The van der Waals surface area contributed by atoms with Crippen molar-refractivity contribution in [1.29, 1.82) is 0 Å². The number of rotatable bonds is 10. The Hall–Kier alpha value is -3.81. The van der Waals surface area contributed by atoms with Crippen molar-refractivity contribution >= 4 is 67.7 Å². The van der Waals surface area contributed by atoms with E-state index in [-0.39, 0.29) is 46.6 Å². The fourth-order valence-electron chi connectivity index (χ4n) is 4.93. The highest BCUT2D eigenvalue weighted by molar-refractivity contribution is 9.11. The Morgan fingerprint density at radius 1 is 0.633 bits per heavy atom. The highest BCUT2D eigenvalue weighted by Crippen LogP contribution is 2.52. The summed E-state index contributed by atoms with van der Waals surface area (Å²) in [5, 5.41) is 0. The van der Waals surface area contributed by atoms with Crippen LogP contribution in [0.5, 0.6) is 0 Å². The first-order valence-corrected chi connectivity index (χ1v) is 16.9. The Morgan fingerprint density at radius 3 is 1.33 bits per heavy atom. The lowest BCUT2D eigenvalue weighted by molar-refractivity contribution is -0.139. The Balaban J connectivity index is 2.05. The van der Waals surface area contributed by atoms with E-state index < -0.39 is 45.2 Å². The van der Waals surface area contributed by atoms with E-state index in [0.717, 1.165) is 24.3 Å². The molecule has 0 heterocycles. The molecule has 0 radical (unpaired) electrons. The second kappa shape index (κ2) is 16.3. The maximum Gasteiger partial charge on any atom is 0.418 e. The van der Waals surface area contributed by atoms with Gasteiger partial charge in [0.05, 0.1) is 24.3 Å². The van der Waals surface area contributed by atoms with Gasteiger partial charge in [0.2, 0.25) is 0 Å². The molecule has 4 rings (SSSR count). The SMILES string of the molecule is CCOC(=O)/C=C/c1ccc(Sc2ccc(/C=C/C(=O)OCC)c(-c3ccccc3Br)c2C(F)(F)F)c(C(F)(F)F)c1-c1ccccc1Br. The highest BCUT2D eigenvalue weighted by Gasteiger charge is 2.41.